The van der Waals surface area contributed by atoms with Gasteiger partial charge in [0.25, 0.3) is 0 Å². The summed E-state index contributed by atoms with van der Waals surface area (Å²) in [6.07, 6.45) is 1.31. The Bertz CT molecular complexity index is 1190. The molecular formula is C30H39FN2O5Si. The van der Waals surface area contributed by atoms with Gasteiger partial charge in [0.15, 0.2) is 0 Å². The fourth-order valence-corrected chi connectivity index (χ4v) is 9.23. The number of ether oxygens (including phenoxy) is 2. The molecule has 2 aromatic carbocycles. The number of halogens is 1. The molecule has 0 bridgehead atoms. The minimum Gasteiger partial charge on any atom is -0.447 e. The fourth-order valence-electron chi connectivity index (χ4n) is 6.69. The second-order valence-electron chi connectivity index (χ2n) is 11.7. The van der Waals surface area contributed by atoms with Crippen LogP contribution >= 0.6 is 0 Å². The summed E-state index contributed by atoms with van der Waals surface area (Å²) in [4.78, 5) is 28.8. The molecule has 5 rings (SSSR count). The van der Waals surface area contributed by atoms with Crippen molar-refractivity contribution in [1.29, 1.82) is 0 Å². The molecule has 5 atom stereocenters. The van der Waals surface area contributed by atoms with Gasteiger partial charge in [-0.1, -0.05) is 43.3 Å². The Balaban J connectivity index is 1.24. The van der Waals surface area contributed by atoms with Gasteiger partial charge < -0.3 is 23.6 Å². The van der Waals surface area contributed by atoms with E-state index in [2.05, 4.69) is 6.92 Å². The third-order valence-electron chi connectivity index (χ3n) is 8.68. The zero-order chi connectivity index (χ0) is 27.7. The molecule has 39 heavy (non-hydrogen) atoms. The zero-order valence-corrected chi connectivity index (χ0v) is 24.0. The normalized spacial score (nSPS) is 27.0. The minimum atomic E-state index is -3.12. The molecule has 7 nitrogen and oxygen atoms in total. The molecule has 0 spiro atoms. The van der Waals surface area contributed by atoms with E-state index in [-0.39, 0.29) is 48.6 Å². The third-order valence-corrected chi connectivity index (χ3v) is 11.2. The Kier molecular flexibility index (Phi) is 8.12. The highest BCUT2D eigenvalue weighted by molar-refractivity contribution is 6.72. The number of aryl methyl sites for hydroxylation is 1. The van der Waals surface area contributed by atoms with Crippen molar-refractivity contribution in [2.45, 2.75) is 76.0 Å². The van der Waals surface area contributed by atoms with Crippen LogP contribution in [0.2, 0.25) is 18.6 Å². The number of benzene rings is 2. The Morgan fingerprint density at radius 3 is 2.46 bits per heavy atom. The van der Waals surface area contributed by atoms with Crippen LogP contribution in [-0.4, -0.2) is 68.4 Å². The molecule has 0 aromatic heterocycles. The summed E-state index contributed by atoms with van der Waals surface area (Å²) in [5.41, 5.74) is 3.91. The van der Waals surface area contributed by atoms with Gasteiger partial charge in [0.05, 0.1) is 37.8 Å². The van der Waals surface area contributed by atoms with E-state index in [1.165, 1.54) is 0 Å². The highest BCUT2D eigenvalue weighted by Crippen LogP contribution is 2.47. The van der Waals surface area contributed by atoms with Crippen molar-refractivity contribution in [2.24, 2.45) is 5.92 Å². The van der Waals surface area contributed by atoms with E-state index >= 15 is 4.11 Å². The molecule has 2 saturated heterocycles. The Labute approximate surface area is 231 Å². The van der Waals surface area contributed by atoms with Crippen LogP contribution in [0, 0.1) is 5.92 Å². The van der Waals surface area contributed by atoms with E-state index in [9.17, 15) is 14.7 Å². The quantitative estimate of drug-likeness (QED) is 0.373. The lowest BCUT2D eigenvalue weighted by atomic mass is 9.93. The minimum absolute atomic E-state index is 0.00355. The first-order valence-electron chi connectivity index (χ1n) is 14.0. The molecule has 9 heteroatoms. The van der Waals surface area contributed by atoms with Crippen LogP contribution in [0.25, 0.3) is 0 Å². The van der Waals surface area contributed by atoms with Gasteiger partial charge in [-0.05, 0) is 67.1 Å². The standard InChI is InChI=1S/C30H39FN2O5Si/c1-20-26(13-10-21-8-11-24(12-9-21)32-14-15-37-30(32)36)38-27(29(20)39(2,3)31)17-28(35)33-18-23-7-5-4-6-22(23)16-25(33)19-34/h4-9,11-12,20,25-27,29,34H,10,13-19H2,1-3H3/t20-,25-,26+,27-,29+/m0/s1. The third kappa shape index (κ3) is 5.90. The highest BCUT2D eigenvalue weighted by Gasteiger charge is 2.52. The van der Waals surface area contributed by atoms with Crippen LogP contribution in [0.5, 0.6) is 0 Å². The van der Waals surface area contributed by atoms with Gasteiger partial charge in [-0.25, -0.2) is 4.79 Å². The molecule has 2 fully saturated rings. The number of fused-ring (bicyclic) bond motifs is 1. The number of rotatable bonds is 8. The predicted molar refractivity (Wildman–Crippen MR) is 150 cm³/mol. The first-order valence-corrected chi connectivity index (χ1v) is 17.0. The van der Waals surface area contributed by atoms with E-state index in [4.69, 9.17) is 9.47 Å². The molecule has 2 aromatic rings. The predicted octanol–water partition coefficient (Wildman–Crippen LogP) is 4.86. The SMILES string of the molecule is C[C@@H]1[C@@H]([Si](C)(C)F)[C@H](CC(=O)N2Cc3ccccc3C[C@H]2CO)O[C@@H]1CCc1ccc(N2CCOC2=O)cc1. The summed E-state index contributed by atoms with van der Waals surface area (Å²) in [5, 5.41) is 10.0. The van der Waals surface area contributed by atoms with Crippen molar-refractivity contribution in [3.05, 3.63) is 65.2 Å². The second kappa shape index (κ2) is 11.4. The van der Waals surface area contributed by atoms with Crippen LogP contribution in [0.3, 0.4) is 0 Å². The van der Waals surface area contributed by atoms with Crippen molar-refractivity contribution in [3.63, 3.8) is 0 Å². The van der Waals surface area contributed by atoms with Crippen LogP contribution in [-0.2, 0) is 33.7 Å². The monoisotopic (exact) mass is 554 g/mol. The molecule has 1 N–H and O–H groups in total. The Morgan fingerprint density at radius 1 is 1.10 bits per heavy atom. The van der Waals surface area contributed by atoms with Crippen LogP contribution in [0.4, 0.5) is 14.6 Å². The number of carbonyl (C=O) groups excluding carboxylic acids is 2. The van der Waals surface area contributed by atoms with Gasteiger partial charge in [-0.2, -0.15) is 0 Å². The molecule has 0 aliphatic carbocycles. The average Bonchev–Trinajstić information content (AvgIpc) is 3.48. The molecule has 3 aliphatic rings. The molecule has 210 valence electrons. The van der Waals surface area contributed by atoms with Crippen molar-refractivity contribution >= 4 is 26.1 Å². The van der Waals surface area contributed by atoms with Crippen LogP contribution in [0.15, 0.2) is 48.5 Å². The highest BCUT2D eigenvalue weighted by atomic mass is 28.4. The van der Waals surface area contributed by atoms with Crippen molar-refractivity contribution < 1.29 is 28.3 Å². The van der Waals surface area contributed by atoms with Crippen molar-refractivity contribution in [1.82, 2.24) is 4.90 Å². The lowest BCUT2D eigenvalue weighted by Crippen LogP contribution is -2.48. The Morgan fingerprint density at radius 2 is 1.82 bits per heavy atom. The maximum Gasteiger partial charge on any atom is 0.414 e. The van der Waals surface area contributed by atoms with Gasteiger partial charge in [-0.3, -0.25) is 9.69 Å². The number of amides is 2. The first kappa shape index (κ1) is 27.8. The first-order chi connectivity index (χ1) is 18.7. The number of anilines is 1. The summed E-state index contributed by atoms with van der Waals surface area (Å²) in [7, 11) is -3.12. The molecule has 3 heterocycles. The molecule has 0 saturated carbocycles. The molecular weight excluding hydrogens is 515 g/mol. The number of carbonyl (C=O) groups is 2. The number of hydrogen-bond acceptors (Lipinski definition) is 5. The number of hydrogen-bond donors (Lipinski definition) is 1. The van der Waals surface area contributed by atoms with Crippen LogP contribution in [0.1, 0.15) is 36.5 Å². The smallest absolute Gasteiger partial charge is 0.414 e. The summed E-state index contributed by atoms with van der Waals surface area (Å²) in [5.74, 6) is -0.0792. The van der Waals surface area contributed by atoms with Gasteiger partial charge in [0.2, 0.25) is 14.3 Å². The van der Waals surface area contributed by atoms with Crippen molar-refractivity contribution in [2.75, 3.05) is 24.7 Å². The van der Waals surface area contributed by atoms with Crippen molar-refractivity contribution in [3.8, 4) is 0 Å². The summed E-state index contributed by atoms with van der Waals surface area (Å²) in [6, 6.07) is 15.6. The molecule has 0 radical (unpaired) electrons. The van der Waals surface area contributed by atoms with Gasteiger partial charge >= 0.3 is 6.09 Å². The molecule has 3 aliphatic heterocycles. The van der Waals surface area contributed by atoms with E-state index in [1.54, 1.807) is 22.9 Å². The summed E-state index contributed by atoms with van der Waals surface area (Å²) < 4.78 is 27.1. The molecule has 0 unspecified atom stereocenters. The number of aliphatic hydroxyl groups excluding tert-OH is 1. The number of cyclic esters (lactones) is 1. The summed E-state index contributed by atoms with van der Waals surface area (Å²) >= 11 is 0. The fraction of sp³-hybridized carbons (Fsp3) is 0.533. The van der Waals surface area contributed by atoms with E-state index in [0.717, 1.165) is 35.2 Å². The topological polar surface area (TPSA) is 79.3 Å². The van der Waals surface area contributed by atoms with E-state index < -0.39 is 14.5 Å². The lowest BCUT2D eigenvalue weighted by molar-refractivity contribution is -0.138. The maximum absolute atomic E-state index is 15.6. The van der Waals surface area contributed by atoms with E-state index in [0.29, 0.717) is 26.1 Å². The number of nitrogens with zero attached hydrogens (tertiary/aromatic N) is 2. The second-order valence-corrected chi connectivity index (χ2v) is 15.5. The largest absolute Gasteiger partial charge is 0.447 e. The average molecular weight is 555 g/mol. The Hall–Kier alpha value is -2.75. The van der Waals surface area contributed by atoms with Crippen LogP contribution < -0.4 is 4.90 Å². The zero-order valence-electron chi connectivity index (χ0n) is 23.0. The van der Waals surface area contributed by atoms with Gasteiger partial charge in [0, 0.05) is 17.8 Å². The maximum atomic E-state index is 15.6. The van der Waals surface area contributed by atoms with Gasteiger partial charge in [0.1, 0.15) is 6.61 Å². The number of aliphatic hydroxyl groups is 1. The molecule has 2 amide bonds. The lowest BCUT2D eigenvalue weighted by Gasteiger charge is -2.37. The van der Waals surface area contributed by atoms with Gasteiger partial charge in [-0.15, -0.1) is 0 Å². The van der Waals surface area contributed by atoms with E-state index in [1.807, 2.05) is 48.5 Å². The summed E-state index contributed by atoms with van der Waals surface area (Å²) in [6.45, 7) is 6.80.